The standard InChI is InChI=1S/C14H17NO6/c1-14(2,3)10(13(20)21)15-11(17)7-4-8(12(18)19)6-9(16)5-7/h4-6,10,16H,1-3H3,(H,15,17)(H,18,19)(H,20,21)/t10-/m1/s1. The van der Waals surface area contributed by atoms with Gasteiger partial charge in [-0.3, -0.25) is 4.79 Å². The largest absolute Gasteiger partial charge is 0.508 e. The smallest absolute Gasteiger partial charge is 0.335 e. The molecule has 0 heterocycles. The minimum absolute atomic E-state index is 0.122. The number of phenols is 1. The molecule has 4 N–H and O–H groups in total. The summed E-state index contributed by atoms with van der Waals surface area (Å²) in [5.41, 5.74) is -1.11. The third-order valence-corrected chi connectivity index (χ3v) is 2.82. The van der Waals surface area contributed by atoms with E-state index in [1.165, 1.54) is 0 Å². The van der Waals surface area contributed by atoms with E-state index in [2.05, 4.69) is 5.32 Å². The number of hydrogen-bond acceptors (Lipinski definition) is 4. The molecule has 0 aromatic heterocycles. The molecular formula is C14H17NO6. The summed E-state index contributed by atoms with van der Waals surface area (Å²) in [7, 11) is 0. The number of nitrogens with one attached hydrogen (secondary N) is 1. The number of rotatable bonds is 4. The molecule has 0 aliphatic heterocycles. The number of carbonyl (C=O) groups excluding carboxylic acids is 1. The van der Waals surface area contributed by atoms with Crippen LogP contribution in [0.25, 0.3) is 0 Å². The van der Waals surface area contributed by atoms with Gasteiger partial charge >= 0.3 is 11.9 Å². The number of hydrogen-bond donors (Lipinski definition) is 4. The van der Waals surface area contributed by atoms with E-state index in [0.29, 0.717) is 0 Å². The number of aliphatic carboxylic acids is 1. The van der Waals surface area contributed by atoms with Gasteiger partial charge in [0.15, 0.2) is 0 Å². The highest BCUT2D eigenvalue weighted by molar-refractivity contribution is 5.99. The van der Waals surface area contributed by atoms with Gasteiger partial charge in [0, 0.05) is 5.56 Å². The van der Waals surface area contributed by atoms with Gasteiger partial charge in [-0.25, -0.2) is 9.59 Å². The summed E-state index contributed by atoms with van der Waals surface area (Å²) in [4.78, 5) is 34.1. The van der Waals surface area contributed by atoms with Crippen molar-refractivity contribution in [2.24, 2.45) is 5.41 Å². The molecule has 1 aromatic carbocycles. The van der Waals surface area contributed by atoms with E-state index in [-0.39, 0.29) is 16.9 Å². The number of carbonyl (C=O) groups is 3. The molecule has 7 nitrogen and oxygen atoms in total. The summed E-state index contributed by atoms with van der Waals surface area (Å²) in [6.45, 7) is 4.95. The Morgan fingerprint density at radius 3 is 2.00 bits per heavy atom. The van der Waals surface area contributed by atoms with Gasteiger partial charge in [0.05, 0.1) is 5.56 Å². The molecule has 0 saturated carbocycles. The summed E-state index contributed by atoms with van der Waals surface area (Å²) < 4.78 is 0. The number of benzene rings is 1. The van der Waals surface area contributed by atoms with Gasteiger partial charge in [-0.1, -0.05) is 20.8 Å². The minimum Gasteiger partial charge on any atom is -0.508 e. The first-order chi connectivity index (χ1) is 9.52. The molecule has 1 atom stereocenters. The monoisotopic (exact) mass is 295 g/mol. The van der Waals surface area contributed by atoms with Crippen LogP contribution in [0.3, 0.4) is 0 Å². The molecule has 21 heavy (non-hydrogen) atoms. The molecule has 0 bridgehead atoms. The second-order valence-corrected chi connectivity index (χ2v) is 5.68. The maximum Gasteiger partial charge on any atom is 0.335 e. The highest BCUT2D eigenvalue weighted by atomic mass is 16.4. The zero-order chi connectivity index (χ0) is 16.4. The van der Waals surface area contributed by atoms with Gasteiger partial charge in [-0.05, 0) is 23.6 Å². The molecule has 1 rings (SSSR count). The van der Waals surface area contributed by atoms with Crippen LogP contribution in [0, 0.1) is 5.41 Å². The number of carboxylic acid groups (broad SMARTS) is 2. The van der Waals surface area contributed by atoms with Crippen molar-refractivity contribution >= 4 is 17.8 Å². The third-order valence-electron chi connectivity index (χ3n) is 2.82. The molecule has 0 saturated heterocycles. The fourth-order valence-electron chi connectivity index (χ4n) is 1.73. The number of carboxylic acids is 2. The Hall–Kier alpha value is -2.57. The highest BCUT2D eigenvalue weighted by Crippen LogP contribution is 2.21. The van der Waals surface area contributed by atoms with E-state index in [1.54, 1.807) is 20.8 Å². The molecule has 0 aliphatic rings. The summed E-state index contributed by atoms with van der Waals surface area (Å²) >= 11 is 0. The lowest BCUT2D eigenvalue weighted by Crippen LogP contribution is -2.49. The van der Waals surface area contributed by atoms with Crippen LogP contribution in [-0.4, -0.2) is 39.2 Å². The molecule has 0 fully saturated rings. The molecule has 1 aromatic rings. The Morgan fingerprint density at radius 1 is 1.05 bits per heavy atom. The Morgan fingerprint density at radius 2 is 1.57 bits per heavy atom. The summed E-state index contributed by atoms with van der Waals surface area (Å²) in [5, 5.41) is 29.8. The average Bonchev–Trinajstić information content (AvgIpc) is 2.32. The molecule has 114 valence electrons. The third kappa shape index (κ3) is 4.20. The second-order valence-electron chi connectivity index (χ2n) is 5.68. The lowest BCUT2D eigenvalue weighted by molar-refractivity contribution is -0.142. The van der Waals surface area contributed by atoms with Crippen LogP contribution in [-0.2, 0) is 4.79 Å². The van der Waals surface area contributed by atoms with Gasteiger partial charge in [-0.15, -0.1) is 0 Å². The minimum atomic E-state index is -1.30. The Bertz CT molecular complexity index is 588. The van der Waals surface area contributed by atoms with E-state index in [1.807, 2.05) is 0 Å². The fourth-order valence-corrected chi connectivity index (χ4v) is 1.73. The molecule has 0 unspecified atom stereocenters. The highest BCUT2D eigenvalue weighted by Gasteiger charge is 2.33. The van der Waals surface area contributed by atoms with E-state index in [9.17, 15) is 19.5 Å². The predicted molar refractivity (Wildman–Crippen MR) is 73.4 cm³/mol. The van der Waals surface area contributed by atoms with E-state index in [4.69, 9.17) is 10.2 Å². The van der Waals surface area contributed by atoms with Crippen molar-refractivity contribution in [1.29, 1.82) is 0 Å². The van der Waals surface area contributed by atoms with Crippen LogP contribution >= 0.6 is 0 Å². The summed E-state index contributed by atoms with van der Waals surface area (Å²) in [5.74, 6) is -3.65. The molecule has 1 amide bonds. The Kier molecular flexibility index (Phi) is 4.57. The van der Waals surface area contributed by atoms with Crippen LogP contribution in [0.5, 0.6) is 5.75 Å². The molecule has 0 aliphatic carbocycles. The maximum absolute atomic E-state index is 12.1. The molecule has 7 heteroatoms. The van der Waals surface area contributed by atoms with Gasteiger partial charge < -0.3 is 20.6 Å². The van der Waals surface area contributed by atoms with Crippen molar-refractivity contribution in [3.8, 4) is 5.75 Å². The van der Waals surface area contributed by atoms with Crippen molar-refractivity contribution in [2.45, 2.75) is 26.8 Å². The van der Waals surface area contributed by atoms with Crippen molar-refractivity contribution in [2.75, 3.05) is 0 Å². The quantitative estimate of drug-likeness (QED) is 0.664. The number of aromatic carboxylic acids is 1. The van der Waals surface area contributed by atoms with Crippen molar-refractivity contribution in [3.05, 3.63) is 29.3 Å². The van der Waals surface area contributed by atoms with Gasteiger partial charge in [0.2, 0.25) is 0 Å². The van der Waals surface area contributed by atoms with Crippen LogP contribution in [0.2, 0.25) is 0 Å². The van der Waals surface area contributed by atoms with Gasteiger partial charge in [-0.2, -0.15) is 0 Å². The normalized spacial score (nSPS) is 12.5. The summed E-state index contributed by atoms with van der Waals surface area (Å²) in [6.07, 6.45) is 0. The van der Waals surface area contributed by atoms with Crippen LogP contribution in [0.15, 0.2) is 18.2 Å². The second kappa shape index (κ2) is 5.82. The molecular weight excluding hydrogens is 278 g/mol. The Labute approximate surface area is 121 Å². The summed E-state index contributed by atoms with van der Waals surface area (Å²) in [6, 6.07) is 1.99. The first kappa shape index (κ1) is 16.5. The predicted octanol–water partition coefficient (Wildman–Crippen LogP) is 1.32. The van der Waals surface area contributed by atoms with Gasteiger partial charge in [0.1, 0.15) is 11.8 Å². The van der Waals surface area contributed by atoms with Crippen LogP contribution in [0.1, 0.15) is 41.5 Å². The van der Waals surface area contributed by atoms with E-state index in [0.717, 1.165) is 18.2 Å². The lowest BCUT2D eigenvalue weighted by Gasteiger charge is -2.27. The fraction of sp³-hybridized carbons (Fsp3) is 0.357. The van der Waals surface area contributed by atoms with E-state index < -0.39 is 29.3 Å². The molecule has 0 radical (unpaired) electrons. The molecule has 0 spiro atoms. The number of phenolic OH excluding ortho intramolecular Hbond substituents is 1. The Balaban J connectivity index is 3.09. The van der Waals surface area contributed by atoms with Crippen molar-refractivity contribution < 1.29 is 29.7 Å². The van der Waals surface area contributed by atoms with Crippen molar-refractivity contribution in [1.82, 2.24) is 5.32 Å². The first-order valence-electron chi connectivity index (χ1n) is 6.13. The first-order valence-corrected chi connectivity index (χ1v) is 6.13. The topological polar surface area (TPSA) is 124 Å². The van der Waals surface area contributed by atoms with Gasteiger partial charge in [0.25, 0.3) is 5.91 Å². The van der Waals surface area contributed by atoms with E-state index >= 15 is 0 Å². The number of amides is 1. The van der Waals surface area contributed by atoms with Crippen molar-refractivity contribution in [3.63, 3.8) is 0 Å². The zero-order valence-corrected chi connectivity index (χ0v) is 11.9. The van der Waals surface area contributed by atoms with Crippen LogP contribution < -0.4 is 5.32 Å². The number of aromatic hydroxyl groups is 1. The van der Waals surface area contributed by atoms with Crippen LogP contribution in [0.4, 0.5) is 0 Å². The SMILES string of the molecule is CC(C)(C)[C@H](NC(=O)c1cc(O)cc(C(=O)O)c1)C(=O)O. The lowest BCUT2D eigenvalue weighted by atomic mass is 9.86. The zero-order valence-electron chi connectivity index (χ0n) is 11.9. The maximum atomic E-state index is 12.1. The average molecular weight is 295 g/mol.